The summed E-state index contributed by atoms with van der Waals surface area (Å²) in [5, 5.41) is 0.870. The summed E-state index contributed by atoms with van der Waals surface area (Å²) in [6.45, 7) is 2.12. The number of hydrogen-bond donors (Lipinski definition) is 0. The van der Waals surface area contributed by atoms with Crippen LogP contribution in [0.3, 0.4) is 0 Å². The number of hydrogen-bond acceptors (Lipinski definition) is 0. The minimum absolute atomic E-state index is 0.870. The van der Waals surface area contributed by atoms with Gasteiger partial charge in [0.15, 0.2) is 0 Å². The Morgan fingerprint density at radius 3 is 2.41 bits per heavy atom. The number of halogens is 1. The second-order valence-corrected chi connectivity index (χ2v) is 7.18. The molecule has 1 saturated carbocycles. The fourth-order valence-corrected chi connectivity index (χ4v) is 3.24. The van der Waals surface area contributed by atoms with Crippen LogP contribution in [0.1, 0.15) is 54.4 Å². The molecule has 0 aromatic heterocycles. The molecule has 0 unspecified atom stereocenters. The van der Waals surface area contributed by atoms with Crippen molar-refractivity contribution in [2.24, 2.45) is 5.92 Å². The zero-order valence-electron chi connectivity index (χ0n) is 13.4. The SMILES string of the molecule is Cc1ccc(Cl)c(Cc2ccc(CCCCC3CC3)cc2)c1. The maximum absolute atomic E-state index is 6.29. The van der Waals surface area contributed by atoms with Crippen LogP contribution in [-0.4, -0.2) is 0 Å². The minimum Gasteiger partial charge on any atom is -0.0840 e. The van der Waals surface area contributed by atoms with E-state index in [1.54, 1.807) is 0 Å². The van der Waals surface area contributed by atoms with Gasteiger partial charge in [-0.2, -0.15) is 0 Å². The molecule has 116 valence electrons. The predicted octanol–water partition coefficient (Wildman–Crippen LogP) is 6.36. The van der Waals surface area contributed by atoms with Gasteiger partial charge in [-0.05, 0) is 54.9 Å². The summed E-state index contributed by atoms with van der Waals surface area (Å²) in [5.74, 6) is 1.07. The molecule has 22 heavy (non-hydrogen) atoms. The lowest BCUT2D eigenvalue weighted by molar-refractivity contribution is 0.628. The lowest BCUT2D eigenvalue weighted by Crippen LogP contribution is -1.92. The van der Waals surface area contributed by atoms with E-state index in [1.165, 1.54) is 60.8 Å². The third kappa shape index (κ3) is 4.61. The topological polar surface area (TPSA) is 0 Å². The quantitative estimate of drug-likeness (QED) is 0.522. The number of aryl methyl sites for hydroxylation is 2. The number of rotatable bonds is 7. The summed E-state index contributed by atoms with van der Waals surface area (Å²) in [6.07, 6.45) is 9.28. The molecule has 2 aromatic carbocycles. The molecule has 0 aliphatic heterocycles. The van der Waals surface area contributed by atoms with Crippen LogP contribution in [0.5, 0.6) is 0 Å². The molecule has 0 N–H and O–H groups in total. The minimum atomic E-state index is 0.870. The first kappa shape index (κ1) is 15.6. The van der Waals surface area contributed by atoms with Gasteiger partial charge in [0.2, 0.25) is 0 Å². The Labute approximate surface area is 139 Å². The van der Waals surface area contributed by atoms with Crippen LogP contribution in [0.25, 0.3) is 0 Å². The van der Waals surface area contributed by atoms with Crippen molar-refractivity contribution in [3.05, 3.63) is 69.7 Å². The molecule has 0 atom stereocenters. The summed E-state index contributed by atoms with van der Waals surface area (Å²) in [6, 6.07) is 15.3. The van der Waals surface area contributed by atoms with Crippen molar-refractivity contribution in [3.8, 4) is 0 Å². The van der Waals surface area contributed by atoms with Crippen LogP contribution in [0.4, 0.5) is 0 Å². The third-order valence-corrected chi connectivity index (χ3v) is 5.01. The third-order valence-electron chi connectivity index (χ3n) is 4.64. The second-order valence-electron chi connectivity index (χ2n) is 6.78. The molecule has 1 fully saturated rings. The van der Waals surface area contributed by atoms with E-state index in [0.717, 1.165) is 17.4 Å². The molecule has 3 rings (SSSR count). The van der Waals surface area contributed by atoms with E-state index in [4.69, 9.17) is 11.6 Å². The van der Waals surface area contributed by atoms with Crippen molar-refractivity contribution >= 4 is 11.6 Å². The summed E-state index contributed by atoms with van der Waals surface area (Å²) in [4.78, 5) is 0. The standard InChI is InChI=1S/C21H25Cl/c1-16-6-13-21(22)20(14-16)15-19-11-9-18(10-12-19)5-3-2-4-17-7-8-17/h6,9-14,17H,2-5,7-8,15H2,1H3. The van der Waals surface area contributed by atoms with E-state index in [2.05, 4.69) is 43.3 Å². The Morgan fingerprint density at radius 2 is 1.68 bits per heavy atom. The van der Waals surface area contributed by atoms with Gasteiger partial charge in [-0.1, -0.05) is 79.2 Å². The molecule has 0 bridgehead atoms. The highest BCUT2D eigenvalue weighted by Crippen LogP contribution is 2.34. The lowest BCUT2D eigenvalue weighted by Gasteiger charge is -2.07. The number of unbranched alkanes of at least 4 members (excludes halogenated alkanes) is 1. The van der Waals surface area contributed by atoms with Crippen LogP contribution in [-0.2, 0) is 12.8 Å². The van der Waals surface area contributed by atoms with Gasteiger partial charge in [-0.15, -0.1) is 0 Å². The average Bonchev–Trinajstić information content (AvgIpc) is 3.33. The van der Waals surface area contributed by atoms with Crippen LogP contribution in [0.15, 0.2) is 42.5 Å². The van der Waals surface area contributed by atoms with E-state index in [-0.39, 0.29) is 0 Å². The van der Waals surface area contributed by atoms with Crippen molar-refractivity contribution in [3.63, 3.8) is 0 Å². The Kier molecular flexibility index (Phi) is 5.20. The molecule has 0 nitrogen and oxygen atoms in total. The maximum atomic E-state index is 6.29. The zero-order chi connectivity index (χ0) is 15.4. The van der Waals surface area contributed by atoms with E-state index in [9.17, 15) is 0 Å². The lowest BCUT2D eigenvalue weighted by atomic mass is 10.00. The molecule has 0 saturated heterocycles. The largest absolute Gasteiger partial charge is 0.0840 e. The smallest absolute Gasteiger partial charge is 0.0441 e. The van der Waals surface area contributed by atoms with Gasteiger partial charge in [0.1, 0.15) is 0 Å². The monoisotopic (exact) mass is 312 g/mol. The van der Waals surface area contributed by atoms with Gasteiger partial charge in [0.25, 0.3) is 0 Å². The molecule has 0 heterocycles. The normalized spacial score (nSPS) is 14.3. The first-order valence-corrected chi connectivity index (χ1v) is 8.91. The molecular weight excluding hydrogens is 288 g/mol. The van der Waals surface area contributed by atoms with Crippen LogP contribution in [0, 0.1) is 12.8 Å². The molecule has 0 radical (unpaired) electrons. The van der Waals surface area contributed by atoms with Gasteiger partial charge in [-0.25, -0.2) is 0 Å². The fraction of sp³-hybridized carbons (Fsp3) is 0.429. The van der Waals surface area contributed by atoms with Gasteiger partial charge >= 0.3 is 0 Å². The van der Waals surface area contributed by atoms with Crippen LogP contribution >= 0.6 is 11.6 Å². The van der Waals surface area contributed by atoms with Crippen LogP contribution in [0.2, 0.25) is 5.02 Å². The Bertz CT molecular complexity index is 608. The number of benzene rings is 2. The molecule has 0 spiro atoms. The van der Waals surface area contributed by atoms with E-state index >= 15 is 0 Å². The first-order chi connectivity index (χ1) is 10.7. The van der Waals surface area contributed by atoms with Crippen molar-refractivity contribution in [2.45, 2.75) is 51.9 Å². The van der Waals surface area contributed by atoms with Crippen molar-refractivity contribution in [2.75, 3.05) is 0 Å². The molecule has 1 aliphatic carbocycles. The van der Waals surface area contributed by atoms with Gasteiger partial charge < -0.3 is 0 Å². The molecule has 1 aliphatic rings. The molecule has 1 heteroatoms. The summed E-state index contributed by atoms with van der Waals surface area (Å²) in [7, 11) is 0. The van der Waals surface area contributed by atoms with Gasteiger partial charge in [0.05, 0.1) is 0 Å². The van der Waals surface area contributed by atoms with Crippen molar-refractivity contribution < 1.29 is 0 Å². The van der Waals surface area contributed by atoms with Crippen molar-refractivity contribution in [1.29, 1.82) is 0 Å². The van der Waals surface area contributed by atoms with Gasteiger partial charge in [-0.3, -0.25) is 0 Å². The van der Waals surface area contributed by atoms with Crippen LogP contribution < -0.4 is 0 Å². The Morgan fingerprint density at radius 1 is 0.955 bits per heavy atom. The molecule has 2 aromatic rings. The molecule has 0 amide bonds. The molecular formula is C21H25Cl. The van der Waals surface area contributed by atoms with Gasteiger partial charge in [0, 0.05) is 5.02 Å². The second kappa shape index (κ2) is 7.33. The first-order valence-electron chi connectivity index (χ1n) is 8.53. The van der Waals surface area contributed by atoms with E-state index in [0.29, 0.717) is 0 Å². The highest BCUT2D eigenvalue weighted by molar-refractivity contribution is 6.31. The summed E-state index contributed by atoms with van der Waals surface area (Å²) >= 11 is 6.29. The Hall–Kier alpha value is -1.27. The van der Waals surface area contributed by atoms with E-state index in [1.807, 2.05) is 6.07 Å². The average molecular weight is 313 g/mol. The maximum Gasteiger partial charge on any atom is 0.0441 e. The summed E-state index contributed by atoms with van der Waals surface area (Å²) < 4.78 is 0. The highest BCUT2D eigenvalue weighted by Gasteiger charge is 2.19. The fourth-order valence-electron chi connectivity index (χ4n) is 3.05. The zero-order valence-corrected chi connectivity index (χ0v) is 14.2. The van der Waals surface area contributed by atoms with Crippen molar-refractivity contribution in [1.82, 2.24) is 0 Å². The van der Waals surface area contributed by atoms with E-state index < -0.39 is 0 Å². The predicted molar refractivity (Wildman–Crippen MR) is 95.7 cm³/mol. The Balaban J connectivity index is 1.53. The highest BCUT2D eigenvalue weighted by atomic mass is 35.5. The summed E-state index contributed by atoms with van der Waals surface area (Å²) in [5.41, 5.74) is 5.30.